The number of hydrogen-bond donors (Lipinski definition) is 0. The van der Waals surface area contributed by atoms with Gasteiger partial charge in [-0.1, -0.05) is 0 Å². The van der Waals surface area contributed by atoms with Gasteiger partial charge in [-0.3, -0.25) is 9.69 Å². The maximum absolute atomic E-state index is 12.8. The number of amides is 1. The fourth-order valence-electron chi connectivity index (χ4n) is 3.67. The van der Waals surface area contributed by atoms with Crippen LogP contribution in [-0.4, -0.2) is 79.9 Å². The summed E-state index contributed by atoms with van der Waals surface area (Å²) in [6, 6.07) is 6.32. The second-order valence-electron chi connectivity index (χ2n) is 6.98. The van der Waals surface area contributed by atoms with Crippen LogP contribution in [0.1, 0.15) is 16.8 Å². The predicted molar refractivity (Wildman–Crippen MR) is 107 cm³/mol. The Hall–Kier alpha value is -2.72. The molecule has 0 atom stereocenters. The van der Waals surface area contributed by atoms with Crippen molar-refractivity contribution >= 4 is 21.9 Å². The molecule has 0 radical (unpaired) electrons. The number of nitrogens with zero attached hydrogens (tertiary/aromatic N) is 5. The van der Waals surface area contributed by atoms with Crippen molar-refractivity contribution in [3.8, 4) is 5.75 Å². The SMILES string of the molecule is COc1ccc2c(c1)S(=O)(=O)N(CCCN1CCN(c3ncccn3)CC1)C2=O. The molecule has 0 aliphatic carbocycles. The average Bonchev–Trinajstić information content (AvgIpc) is 2.95. The van der Waals surface area contributed by atoms with Gasteiger partial charge in [0.15, 0.2) is 0 Å². The van der Waals surface area contributed by atoms with Crippen molar-refractivity contribution in [3.05, 3.63) is 42.2 Å². The van der Waals surface area contributed by atoms with E-state index in [1.54, 1.807) is 24.5 Å². The summed E-state index contributed by atoms with van der Waals surface area (Å²) < 4.78 is 31.6. The van der Waals surface area contributed by atoms with Gasteiger partial charge in [-0.2, -0.15) is 0 Å². The molecule has 0 spiro atoms. The number of methoxy groups -OCH3 is 1. The van der Waals surface area contributed by atoms with Gasteiger partial charge in [-0.05, 0) is 24.6 Å². The van der Waals surface area contributed by atoms with Crippen molar-refractivity contribution in [1.82, 2.24) is 19.2 Å². The Kier molecular flexibility index (Phi) is 5.37. The molecule has 0 saturated carbocycles. The molecule has 1 saturated heterocycles. The van der Waals surface area contributed by atoms with E-state index in [0.29, 0.717) is 12.2 Å². The van der Waals surface area contributed by atoms with Gasteiger partial charge >= 0.3 is 0 Å². The number of piperazine rings is 1. The first-order chi connectivity index (χ1) is 14.0. The van der Waals surface area contributed by atoms with Crippen molar-refractivity contribution in [2.24, 2.45) is 0 Å². The van der Waals surface area contributed by atoms with Crippen LogP contribution in [0.3, 0.4) is 0 Å². The summed E-state index contributed by atoms with van der Waals surface area (Å²) in [4.78, 5) is 25.5. The molecular formula is C19H23N5O4S. The topological polar surface area (TPSA) is 95.9 Å². The third-order valence-electron chi connectivity index (χ3n) is 5.26. The fraction of sp³-hybridized carbons (Fsp3) is 0.421. The number of fused-ring (bicyclic) bond motifs is 1. The Labute approximate surface area is 170 Å². The molecule has 3 heterocycles. The van der Waals surface area contributed by atoms with Gasteiger partial charge in [-0.15, -0.1) is 0 Å². The van der Waals surface area contributed by atoms with E-state index in [0.717, 1.165) is 43.0 Å². The number of rotatable bonds is 6. The Morgan fingerprint density at radius 1 is 1.07 bits per heavy atom. The molecular weight excluding hydrogens is 394 g/mol. The van der Waals surface area contributed by atoms with Crippen molar-refractivity contribution in [2.75, 3.05) is 51.3 Å². The van der Waals surface area contributed by atoms with Gasteiger partial charge in [0.2, 0.25) is 5.95 Å². The van der Waals surface area contributed by atoms with Gasteiger partial charge in [0.1, 0.15) is 10.6 Å². The van der Waals surface area contributed by atoms with E-state index >= 15 is 0 Å². The van der Waals surface area contributed by atoms with Crippen LogP contribution in [0.5, 0.6) is 5.75 Å². The number of benzene rings is 1. The molecule has 4 rings (SSSR count). The minimum atomic E-state index is -3.82. The smallest absolute Gasteiger partial charge is 0.269 e. The van der Waals surface area contributed by atoms with Crippen LogP contribution in [0.15, 0.2) is 41.6 Å². The van der Waals surface area contributed by atoms with Gasteiger partial charge < -0.3 is 9.64 Å². The zero-order valence-electron chi connectivity index (χ0n) is 16.2. The summed E-state index contributed by atoms with van der Waals surface area (Å²) in [5, 5.41) is 0. The molecule has 0 N–H and O–H groups in total. The molecule has 10 heteroatoms. The number of aromatic nitrogens is 2. The number of hydrogen-bond acceptors (Lipinski definition) is 8. The van der Waals surface area contributed by atoms with E-state index in [-0.39, 0.29) is 17.0 Å². The molecule has 1 amide bonds. The summed E-state index contributed by atoms with van der Waals surface area (Å²) in [5.41, 5.74) is 0.210. The Morgan fingerprint density at radius 2 is 1.79 bits per heavy atom. The average molecular weight is 417 g/mol. The lowest BCUT2D eigenvalue weighted by atomic mass is 10.2. The number of anilines is 1. The maximum Gasteiger partial charge on any atom is 0.269 e. The molecule has 9 nitrogen and oxygen atoms in total. The van der Waals surface area contributed by atoms with Gasteiger partial charge in [0.05, 0.1) is 12.7 Å². The molecule has 2 aliphatic heterocycles. The highest BCUT2D eigenvalue weighted by molar-refractivity contribution is 7.90. The van der Waals surface area contributed by atoms with Crippen molar-refractivity contribution < 1.29 is 17.9 Å². The van der Waals surface area contributed by atoms with Crippen LogP contribution in [0.2, 0.25) is 0 Å². The second-order valence-corrected chi connectivity index (χ2v) is 8.81. The lowest BCUT2D eigenvalue weighted by Gasteiger charge is -2.34. The van der Waals surface area contributed by atoms with E-state index in [1.807, 2.05) is 0 Å². The van der Waals surface area contributed by atoms with Crippen molar-refractivity contribution in [3.63, 3.8) is 0 Å². The largest absolute Gasteiger partial charge is 0.497 e. The molecule has 29 heavy (non-hydrogen) atoms. The molecule has 0 bridgehead atoms. The molecule has 154 valence electrons. The molecule has 2 aliphatic rings. The minimum Gasteiger partial charge on any atom is -0.497 e. The first-order valence-electron chi connectivity index (χ1n) is 9.50. The highest BCUT2D eigenvalue weighted by Gasteiger charge is 2.41. The van der Waals surface area contributed by atoms with Crippen molar-refractivity contribution in [2.45, 2.75) is 11.3 Å². The summed E-state index contributed by atoms with van der Waals surface area (Å²) >= 11 is 0. The Balaban J connectivity index is 1.32. The first-order valence-corrected chi connectivity index (χ1v) is 10.9. The van der Waals surface area contributed by atoms with Gasteiger partial charge in [-0.25, -0.2) is 22.7 Å². The molecule has 2 aromatic rings. The monoisotopic (exact) mass is 417 g/mol. The van der Waals surface area contributed by atoms with Crippen LogP contribution in [0, 0.1) is 0 Å². The number of carbonyl (C=O) groups excluding carboxylic acids is 1. The van der Waals surface area contributed by atoms with E-state index in [9.17, 15) is 13.2 Å². The second kappa shape index (κ2) is 7.96. The van der Waals surface area contributed by atoms with Gasteiger partial charge in [0.25, 0.3) is 15.9 Å². The summed E-state index contributed by atoms with van der Waals surface area (Å²) in [6.07, 6.45) is 4.05. The molecule has 1 aromatic heterocycles. The number of ether oxygens (including phenoxy) is 1. The van der Waals surface area contributed by atoms with Crippen LogP contribution >= 0.6 is 0 Å². The zero-order chi connectivity index (χ0) is 20.4. The normalized spacial score (nSPS) is 18.7. The van der Waals surface area contributed by atoms with E-state index in [1.165, 1.54) is 19.2 Å². The summed E-state index contributed by atoms with van der Waals surface area (Å²) in [7, 11) is -2.35. The quantitative estimate of drug-likeness (QED) is 0.682. The third-order valence-corrected chi connectivity index (χ3v) is 7.08. The Morgan fingerprint density at radius 3 is 2.48 bits per heavy atom. The zero-order valence-corrected chi connectivity index (χ0v) is 17.0. The molecule has 1 aromatic carbocycles. The lowest BCUT2D eigenvalue weighted by molar-refractivity contribution is 0.0866. The van der Waals surface area contributed by atoms with Crippen molar-refractivity contribution in [1.29, 1.82) is 0 Å². The standard InChI is InChI=1S/C19H23N5O4S/c1-28-15-4-5-16-17(14-15)29(26,27)24(18(16)25)9-3-8-22-10-12-23(13-11-22)19-20-6-2-7-21-19/h2,4-7,14H,3,8-13H2,1H3. The first kappa shape index (κ1) is 19.6. The van der Waals surface area contributed by atoms with Crippen LogP contribution in [-0.2, 0) is 10.0 Å². The highest BCUT2D eigenvalue weighted by atomic mass is 32.2. The lowest BCUT2D eigenvalue weighted by Crippen LogP contribution is -2.47. The summed E-state index contributed by atoms with van der Waals surface area (Å²) in [6.45, 7) is 4.21. The van der Waals surface area contributed by atoms with Crippen LogP contribution in [0.25, 0.3) is 0 Å². The van der Waals surface area contributed by atoms with E-state index < -0.39 is 15.9 Å². The minimum absolute atomic E-state index is 0.0262. The fourth-order valence-corrected chi connectivity index (χ4v) is 5.29. The van der Waals surface area contributed by atoms with Crippen LogP contribution < -0.4 is 9.64 Å². The molecule has 1 fully saturated rings. The van der Waals surface area contributed by atoms with Gasteiger partial charge in [0, 0.05) is 57.7 Å². The van der Waals surface area contributed by atoms with Crippen LogP contribution in [0.4, 0.5) is 5.95 Å². The number of sulfonamides is 1. The third kappa shape index (κ3) is 3.77. The summed E-state index contributed by atoms with van der Waals surface area (Å²) in [5.74, 6) is 0.685. The maximum atomic E-state index is 12.8. The van der Waals surface area contributed by atoms with E-state index in [2.05, 4.69) is 19.8 Å². The molecule has 0 unspecified atom stereocenters. The Bertz CT molecular complexity index is 991. The highest BCUT2D eigenvalue weighted by Crippen LogP contribution is 2.33. The predicted octanol–water partition coefficient (Wildman–Crippen LogP) is 0.842. The number of carbonyl (C=O) groups is 1. The van der Waals surface area contributed by atoms with E-state index in [4.69, 9.17) is 4.74 Å².